The summed E-state index contributed by atoms with van der Waals surface area (Å²) in [7, 11) is 0. The van der Waals surface area contributed by atoms with Crippen LogP contribution in [-0.2, 0) is 6.42 Å². The number of halogens is 1. The van der Waals surface area contributed by atoms with Gasteiger partial charge in [0.2, 0.25) is 0 Å². The first-order chi connectivity index (χ1) is 10.2. The molecule has 0 aliphatic carbocycles. The van der Waals surface area contributed by atoms with Crippen LogP contribution >= 0.6 is 0 Å². The molecule has 21 heavy (non-hydrogen) atoms. The number of aromatic nitrogens is 1. The molecule has 2 nitrogen and oxygen atoms in total. The minimum Gasteiger partial charge on any atom is -0.316 e. The van der Waals surface area contributed by atoms with Gasteiger partial charge in [0.1, 0.15) is 5.82 Å². The number of nitrogens with one attached hydrogen (secondary N) is 1. The summed E-state index contributed by atoms with van der Waals surface area (Å²) in [5, 5.41) is 3.45. The van der Waals surface area contributed by atoms with Crippen LogP contribution in [0.3, 0.4) is 0 Å². The minimum atomic E-state index is -0.182. The van der Waals surface area contributed by atoms with Crippen LogP contribution in [0.4, 0.5) is 4.39 Å². The molecule has 1 aliphatic rings. The van der Waals surface area contributed by atoms with Gasteiger partial charge in [0.05, 0.1) is 0 Å². The van der Waals surface area contributed by atoms with Crippen molar-refractivity contribution in [2.75, 3.05) is 13.1 Å². The average Bonchev–Trinajstić information content (AvgIpc) is 2.50. The third-order valence-electron chi connectivity index (χ3n) is 4.07. The molecule has 1 fully saturated rings. The lowest BCUT2D eigenvalue weighted by molar-refractivity contribution is 0.454. The SMILES string of the molecule is Cc1cc(Cc2ccc(F)cc2)cc([C@@H]2CCCNC2)n1. The fourth-order valence-electron chi connectivity index (χ4n) is 3.02. The highest BCUT2D eigenvalue weighted by Crippen LogP contribution is 2.23. The number of hydrogen-bond acceptors (Lipinski definition) is 2. The average molecular weight is 284 g/mol. The van der Waals surface area contributed by atoms with Crippen molar-refractivity contribution in [2.24, 2.45) is 0 Å². The van der Waals surface area contributed by atoms with Crippen molar-refractivity contribution in [2.45, 2.75) is 32.1 Å². The monoisotopic (exact) mass is 284 g/mol. The van der Waals surface area contributed by atoms with Crippen LogP contribution in [-0.4, -0.2) is 18.1 Å². The summed E-state index contributed by atoms with van der Waals surface area (Å²) in [5.74, 6) is 0.337. The minimum absolute atomic E-state index is 0.182. The number of nitrogens with zero attached hydrogens (tertiary/aromatic N) is 1. The van der Waals surface area contributed by atoms with E-state index in [4.69, 9.17) is 4.98 Å². The van der Waals surface area contributed by atoms with Crippen LogP contribution in [0.25, 0.3) is 0 Å². The zero-order valence-electron chi connectivity index (χ0n) is 12.4. The predicted octanol–water partition coefficient (Wildman–Crippen LogP) is 3.59. The van der Waals surface area contributed by atoms with Gasteiger partial charge in [0.25, 0.3) is 0 Å². The molecule has 1 aromatic carbocycles. The largest absolute Gasteiger partial charge is 0.316 e. The molecule has 2 heterocycles. The molecule has 0 amide bonds. The molecule has 1 saturated heterocycles. The quantitative estimate of drug-likeness (QED) is 0.931. The Kier molecular flexibility index (Phi) is 4.30. The molecule has 1 N–H and O–H groups in total. The summed E-state index contributed by atoms with van der Waals surface area (Å²) < 4.78 is 13.0. The molecule has 0 saturated carbocycles. The summed E-state index contributed by atoms with van der Waals surface area (Å²) in [4.78, 5) is 4.71. The normalized spacial score (nSPS) is 18.7. The van der Waals surface area contributed by atoms with Crippen molar-refractivity contribution in [1.82, 2.24) is 10.3 Å². The molecule has 1 aromatic heterocycles. The Morgan fingerprint density at radius 3 is 2.71 bits per heavy atom. The maximum Gasteiger partial charge on any atom is 0.123 e. The second-order valence-electron chi connectivity index (χ2n) is 5.89. The lowest BCUT2D eigenvalue weighted by Gasteiger charge is -2.23. The lowest BCUT2D eigenvalue weighted by atomic mass is 9.93. The van der Waals surface area contributed by atoms with Crippen molar-refractivity contribution < 1.29 is 4.39 Å². The number of benzene rings is 1. The second-order valence-corrected chi connectivity index (χ2v) is 5.89. The molecule has 0 spiro atoms. The van der Waals surface area contributed by atoms with Crippen molar-refractivity contribution in [3.63, 3.8) is 0 Å². The molecular formula is C18H21FN2. The summed E-state index contributed by atoms with van der Waals surface area (Å²) in [6.07, 6.45) is 3.25. The Bertz CT molecular complexity index is 601. The van der Waals surface area contributed by atoms with Crippen LogP contribution < -0.4 is 5.32 Å². The highest BCUT2D eigenvalue weighted by Gasteiger charge is 2.17. The van der Waals surface area contributed by atoms with E-state index in [-0.39, 0.29) is 5.82 Å². The Labute approximate surface area is 125 Å². The Morgan fingerprint density at radius 1 is 1.19 bits per heavy atom. The van der Waals surface area contributed by atoms with Crippen molar-refractivity contribution in [3.05, 3.63) is 64.7 Å². The van der Waals surface area contributed by atoms with E-state index in [1.165, 1.54) is 36.2 Å². The van der Waals surface area contributed by atoms with Crippen LogP contribution in [0.5, 0.6) is 0 Å². The van der Waals surface area contributed by atoms with Gasteiger partial charge in [-0.25, -0.2) is 4.39 Å². The van der Waals surface area contributed by atoms with Crippen molar-refractivity contribution in [3.8, 4) is 0 Å². The van der Waals surface area contributed by atoms with E-state index < -0.39 is 0 Å². The molecule has 3 rings (SSSR count). The topological polar surface area (TPSA) is 24.9 Å². The lowest BCUT2D eigenvalue weighted by Crippen LogP contribution is -2.29. The zero-order chi connectivity index (χ0) is 14.7. The molecule has 0 unspecified atom stereocenters. The van der Waals surface area contributed by atoms with E-state index in [1.807, 2.05) is 19.1 Å². The first kappa shape index (κ1) is 14.2. The van der Waals surface area contributed by atoms with E-state index in [0.717, 1.165) is 30.8 Å². The van der Waals surface area contributed by atoms with Gasteiger partial charge >= 0.3 is 0 Å². The number of piperidine rings is 1. The third-order valence-corrected chi connectivity index (χ3v) is 4.07. The number of hydrogen-bond donors (Lipinski definition) is 1. The second kappa shape index (κ2) is 6.35. The molecule has 0 bridgehead atoms. The maximum atomic E-state index is 13.0. The van der Waals surface area contributed by atoms with E-state index in [1.54, 1.807) is 0 Å². The maximum absolute atomic E-state index is 13.0. The fraction of sp³-hybridized carbons (Fsp3) is 0.389. The highest BCUT2D eigenvalue weighted by atomic mass is 19.1. The predicted molar refractivity (Wildman–Crippen MR) is 83.0 cm³/mol. The molecule has 0 radical (unpaired) electrons. The van der Waals surface area contributed by atoms with Gasteiger partial charge in [-0.05, 0) is 68.1 Å². The van der Waals surface area contributed by atoms with Gasteiger partial charge in [-0.1, -0.05) is 12.1 Å². The Balaban J connectivity index is 1.81. The smallest absolute Gasteiger partial charge is 0.123 e. The van der Waals surface area contributed by atoms with E-state index >= 15 is 0 Å². The van der Waals surface area contributed by atoms with Crippen molar-refractivity contribution >= 4 is 0 Å². The van der Waals surface area contributed by atoms with Gasteiger partial charge in [-0.15, -0.1) is 0 Å². The zero-order valence-corrected chi connectivity index (χ0v) is 12.4. The van der Waals surface area contributed by atoms with Crippen LogP contribution in [0, 0.1) is 12.7 Å². The van der Waals surface area contributed by atoms with Crippen molar-refractivity contribution in [1.29, 1.82) is 0 Å². The molecule has 1 atom stereocenters. The Morgan fingerprint density at radius 2 is 2.00 bits per heavy atom. The van der Waals surface area contributed by atoms with Gasteiger partial charge in [0.15, 0.2) is 0 Å². The molecule has 2 aromatic rings. The van der Waals surface area contributed by atoms with E-state index in [0.29, 0.717) is 5.92 Å². The summed E-state index contributed by atoms with van der Waals surface area (Å²) in [6, 6.07) is 11.1. The molecule has 1 aliphatic heterocycles. The number of aryl methyl sites for hydroxylation is 1. The number of pyridine rings is 1. The summed E-state index contributed by atoms with van der Waals surface area (Å²) >= 11 is 0. The molecule has 110 valence electrons. The molecular weight excluding hydrogens is 263 g/mol. The van der Waals surface area contributed by atoms with Gasteiger partial charge in [-0.2, -0.15) is 0 Å². The molecule has 3 heteroatoms. The van der Waals surface area contributed by atoms with Gasteiger partial charge in [-0.3, -0.25) is 4.98 Å². The Hall–Kier alpha value is -1.74. The van der Waals surface area contributed by atoms with Gasteiger partial charge in [0, 0.05) is 23.9 Å². The third kappa shape index (κ3) is 3.67. The van der Waals surface area contributed by atoms with E-state index in [2.05, 4.69) is 17.4 Å². The van der Waals surface area contributed by atoms with Crippen LogP contribution in [0.1, 0.15) is 41.3 Å². The standard InChI is InChI=1S/C18H21FN2/c1-13-9-15(10-14-4-6-17(19)7-5-14)11-18(21-13)16-3-2-8-20-12-16/h4-7,9,11,16,20H,2-3,8,10,12H2,1H3/t16-/m1/s1. The van der Waals surface area contributed by atoms with Crippen LogP contribution in [0.2, 0.25) is 0 Å². The van der Waals surface area contributed by atoms with Gasteiger partial charge < -0.3 is 5.32 Å². The first-order valence-electron chi connectivity index (χ1n) is 7.63. The van der Waals surface area contributed by atoms with Crippen LogP contribution in [0.15, 0.2) is 36.4 Å². The first-order valence-corrected chi connectivity index (χ1v) is 7.63. The summed E-state index contributed by atoms with van der Waals surface area (Å²) in [6.45, 7) is 4.19. The van der Waals surface area contributed by atoms with E-state index in [9.17, 15) is 4.39 Å². The summed E-state index contributed by atoms with van der Waals surface area (Å²) in [5.41, 5.74) is 4.65. The fourth-order valence-corrected chi connectivity index (χ4v) is 3.02. The highest BCUT2D eigenvalue weighted by molar-refractivity contribution is 5.30. The number of rotatable bonds is 3.